The fourth-order valence-electron chi connectivity index (χ4n) is 4.40. The number of fused-ring (bicyclic) bond motifs is 1. The molecule has 5 rings (SSSR count). The highest BCUT2D eigenvalue weighted by molar-refractivity contribution is 7.17. The zero-order valence-electron chi connectivity index (χ0n) is 20.3. The van der Waals surface area contributed by atoms with Crippen LogP contribution in [0.2, 0.25) is 10.0 Å². The molecule has 0 spiro atoms. The smallest absolute Gasteiger partial charge is 0.337 e. The predicted octanol–water partition coefficient (Wildman–Crippen LogP) is 9.24. The topological polar surface area (TPSA) is 72.6 Å². The van der Waals surface area contributed by atoms with E-state index >= 15 is 0 Å². The van der Waals surface area contributed by atoms with Gasteiger partial charge in [0.1, 0.15) is 23.8 Å². The van der Waals surface area contributed by atoms with E-state index in [1.54, 1.807) is 23.6 Å². The van der Waals surface area contributed by atoms with Gasteiger partial charge < -0.3 is 14.4 Å². The van der Waals surface area contributed by atoms with Crippen molar-refractivity contribution in [3.8, 4) is 28.1 Å². The third-order valence-corrected chi connectivity index (χ3v) is 7.82. The first-order valence-corrected chi connectivity index (χ1v) is 13.3. The number of ether oxygens (including phenoxy) is 1. The zero-order chi connectivity index (χ0) is 26.3. The molecule has 0 saturated carbocycles. The van der Waals surface area contributed by atoms with Crippen molar-refractivity contribution in [2.75, 3.05) is 0 Å². The summed E-state index contributed by atoms with van der Waals surface area (Å²) in [6.07, 6.45) is 0. The van der Waals surface area contributed by atoms with Crippen molar-refractivity contribution in [1.29, 1.82) is 0 Å². The number of halogens is 2. The van der Waals surface area contributed by atoms with Crippen LogP contribution in [0, 0.1) is 6.92 Å². The molecule has 1 N–H and O–H groups in total. The highest BCUT2D eigenvalue weighted by atomic mass is 35.5. The van der Waals surface area contributed by atoms with Crippen molar-refractivity contribution < 1.29 is 19.2 Å². The first kappa shape index (κ1) is 25.3. The molecule has 0 saturated heterocycles. The second-order valence-electron chi connectivity index (χ2n) is 9.06. The number of nitrogens with zero attached hydrogens (tertiary/aromatic N) is 1. The average molecular weight is 552 g/mol. The Hall–Kier alpha value is -3.32. The molecule has 0 unspecified atom stereocenters. The highest BCUT2D eigenvalue weighted by Crippen LogP contribution is 2.39. The summed E-state index contributed by atoms with van der Waals surface area (Å²) in [4.78, 5) is 11.4. The lowest BCUT2D eigenvalue weighted by Crippen LogP contribution is -2.01. The van der Waals surface area contributed by atoms with Crippen molar-refractivity contribution in [2.24, 2.45) is 0 Å². The molecule has 188 valence electrons. The van der Waals surface area contributed by atoms with Crippen LogP contribution in [0.15, 0.2) is 64.5 Å². The number of aryl methyl sites for hydroxylation is 1. The van der Waals surface area contributed by atoms with Crippen LogP contribution in [-0.2, 0) is 6.61 Å². The number of benzene rings is 3. The maximum absolute atomic E-state index is 11.4. The first-order valence-electron chi connectivity index (χ1n) is 11.7. The van der Waals surface area contributed by atoms with Gasteiger partial charge in [0.2, 0.25) is 0 Å². The van der Waals surface area contributed by atoms with Gasteiger partial charge in [0, 0.05) is 26.9 Å². The molecule has 37 heavy (non-hydrogen) atoms. The number of carbonyl (C=O) groups is 1. The Bertz CT molecular complexity index is 1620. The molecule has 0 fully saturated rings. The maximum Gasteiger partial charge on any atom is 0.337 e. The Morgan fingerprint density at radius 1 is 1.11 bits per heavy atom. The van der Waals surface area contributed by atoms with Crippen molar-refractivity contribution in [2.45, 2.75) is 33.3 Å². The number of rotatable bonds is 7. The Kier molecular flexibility index (Phi) is 6.99. The van der Waals surface area contributed by atoms with Crippen molar-refractivity contribution in [3.05, 3.63) is 92.5 Å². The van der Waals surface area contributed by atoms with Crippen LogP contribution in [0.1, 0.15) is 47.0 Å². The maximum atomic E-state index is 11.4. The second kappa shape index (κ2) is 10.2. The normalized spacial score (nSPS) is 11.4. The Labute approximate surface area is 228 Å². The summed E-state index contributed by atoms with van der Waals surface area (Å²) >= 11 is 14.3. The minimum atomic E-state index is -0.912. The number of hydrogen-bond acceptors (Lipinski definition) is 5. The predicted molar refractivity (Wildman–Crippen MR) is 149 cm³/mol. The van der Waals surface area contributed by atoms with E-state index in [2.05, 4.69) is 5.16 Å². The number of thiophene rings is 1. The Balaban J connectivity index is 1.43. The largest absolute Gasteiger partial charge is 0.489 e. The molecule has 0 amide bonds. The third kappa shape index (κ3) is 4.85. The monoisotopic (exact) mass is 551 g/mol. The van der Waals surface area contributed by atoms with Crippen molar-refractivity contribution >= 4 is 50.6 Å². The second-order valence-corrected chi connectivity index (χ2v) is 10.8. The molecule has 0 aliphatic rings. The summed E-state index contributed by atoms with van der Waals surface area (Å²) < 4.78 is 12.8. The molecule has 0 aliphatic heterocycles. The number of carboxylic acids is 1. The number of carboxylic acid groups (broad SMARTS) is 1. The summed E-state index contributed by atoms with van der Waals surface area (Å²) in [6.45, 7) is 6.33. The molecular formula is C29H23Cl2NO4S. The number of aromatic carboxylic acids is 1. The van der Waals surface area contributed by atoms with E-state index in [1.165, 1.54) is 11.3 Å². The van der Waals surface area contributed by atoms with Crippen LogP contribution in [0.5, 0.6) is 5.75 Å². The van der Waals surface area contributed by atoms with Gasteiger partial charge in [0.05, 0.1) is 21.2 Å². The zero-order valence-corrected chi connectivity index (χ0v) is 22.7. The van der Waals surface area contributed by atoms with Crippen LogP contribution < -0.4 is 4.74 Å². The van der Waals surface area contributed by atoms with E-state index in [1.807, 2.05) is 57.2 Å². The summed E-state index contributed by atoms with van der Waals surface area (Å²) in [5.74, 6) is 0.618. The van der Waals surface area contributed by atoms with Crippen LogP contribution in [-0.4, -0.2) is 16.2 Å². The standard InChI is InChI=1S/C29H23Cl2NO4S/c1-15(2)28-21(27(32-36-28)26-23(30)5-4-6-24(26)31)13-35-18-8-10-19(16(3)11-18)17-7-9-20-22(29(33)34)14-37-25(20)12-17/h4-12,14-15H,13H2,1-3H3,(H,33,34). The fraction of sp³-hybridized carbons (Fsp3) is 0.172. The van der Waals surface area contributed by atoms with Gasteiger partial charge in [-0.2, -0.15) is 0 Å². The molecule has 2 aromatic heterocycles. The first-order chi connectivity index (χ1) is 17.7. The lowest BCUT2D eigenvalue weighted by molar-refractivity contribution is 0.0699. The molecule has 5 nitrogen and oxygen atoms in total. The molecule has 8 heteroatoms. The highest BCUT2D eigenvalue weighted by Gasteiger charge is 2.24. The summed E-state index contributed by atoms with van der Waals surface area (Å²) in [5.41, 5.74) is 5.46. The lowest BCUT2D eigenvalue weighted by Gasteiger charge is -2.13. The van der Waals surface area contributed by atoms with Crippen LogP contribution >= 0.6 is 34.5 Å². The van der Waals surface area contributed by atoms with Crippen LogP contribution in [0.4, 0.5) is 0 Å². The van der Waals surface area contributed by atoms with Gasteiger partial charge in [-0.3, -0.25) is 0 Å². The Morgan fingerprint density at radius 3 is 2.54 bits per heavy atom. The van der Waals surface area contributed by atoms with Gasteiger partial charge in [-0.1, -0.05) is 66.5 Å². The molecule has 0 radical (unpaired) electrons. The SMILES string of the molecule is Cc1cc(OCc2c(-c3c(Cl)cccc3Cl)noc2C(C)C)ccc1-c1ccc2c(C(=O)O)csc2c1. The van der Waals surface area contributed by atoms with E-state index in [0.29, 0.717) is 32.6 Å². The van der Waals surface area contributed by atoms with E-state index in [9.17, 15) is 9.90 Å². The van der Waals surface area contributed by atoms with Crippen molar-refractivity contribution in [1.82, 2.24) is 5.16 Å². The minimum absolute atomic E-state index is 0.0963. The quantitative estimate of drug-likeness (QED) is 0.218. The number of aromatic nitrogens is 1. The molecule has 0 aliphatic carbocycles. The molecule has 2 heterocycles. The van der Waals surface area contributed by atoms with E-state index in [-0.39, 0.29) is 12.5 Å². The van der Waals surface area contributed by atoms with E-state index in [4.69, 9.17) is 32.5 Å². The molecule has 0 atom stereocenters. The summed E-state index contributed by atoms with van der Waals surface area (Å²) in [5, 5.41) is 17.1. The average Bonchev–Trinajstić information content (AvgIpc) is 3.47. The van der Waals surface area contributed by atoms with Gasteiger partial charge in [0.15, 0.2) is 0 Å². The van der Waals surface area contributed by atoms with Crippen molar-refractivity contribution in [3.63, 3.8) is 0 Å². The molecule has 3 aromatic carbocycles. The van der Waals surface area contributed by atoms with Gasteiger partial charge in [-0.25, -0.2) is 4.79 Å². The molecular weight excluding hydrogens is 529 g/mol. The van der Waals surface area contributed by atoms with E-state index in [0.717, 1.165) is 38.1 Å². The molecule has 5 aromatic rings. The van der Waals surface area contributed by atoms with Gasteiger partial charge in [-0.05, 0) is 53.9 Å². The van der Waals surface area contributed by atoms with Crippen LogP contribution in [0.25, 0.3) is 32.5 Å². The van der Waals surface area contributed by atoms with E-state index < -0.39 is 5.97 Å². The Morgan fingerprint density at radius 2 is 1.86 bits per heavy atom. The summed E-state index contributed by atoms with van der Waals surface area (Å²) in [7, 11) is 0. The fourth-order valence-corrected chi connectivity index (χ4v) is 5.95. The minimum Gasteiger partial charge on any atom is -0.489 e. The number of hydrogen-bond donors (Lipinski definition) is 1. The van der Waals surface area contributed by atoms with Gasteiger partial charge in [0.25, 0.3) is 0 Å². The third-order valence-electron chi connectivity index (χ3n) is 6.24. The molecule has 0 bridgehead atoms. The summed E-state index contributed by atoms with van der Waals surface area (Å²) in [6, 6.07) is 17.1. The van der Waals surface area contributed by atoms with Gasteiger partial charge in [-0.15, -0.1) is 11.3 Å². The van der Waals surface area contributed by atoms with Crippen LogP contribution in [0.3, 0.4) is 0 Å². The van der Waals surface area contributed by atoms with Gasteiger partial charge >= 0.3 is 5.97 Å². The lowest BCUT2D eigenvalue weighted by atomic mass is 9.99.